The van der Waals surface area contributed by atoms with Crippen molar-refractivity contribution in [3.8, 4) is 0 Å². The van der Waals surface area contributed by atoms with Crippen molar-refractivity contribution in [3.63, 3.8) is 0 Å². The molecule has 138 valence electrons. The molecule has 26 heavy (non-hydrogen) atoms. The molecule has 0 fully saturated rings. The minimum atomic E-state index is -4.41. The summed E-state index contributed by atoms with van der Waals surface area (Å²) in [6.45, 7) is 4.95. The molecule has 6 nitrogen and oxygen atoms in total. The summed E-state index contributed by atoms with van der Waals surface area (Å²) in [7, 11) is 0. The van der Waals surface area contributed by atoms with Crippen LogP contribution in [0.4, 0.5) is 19.0 Å². The fraction of sp³-hybridized carbons (Fsp3) is 0.353. The van der Waals surface area contributed by atoms with Crippen molar-refractivity contribution in [2.45, 2.75) is 38.6 Å². The molecule has 0 radical (unpaired) electrons. The molecule has 0 unspecified atom stereocenters. The molecular formula is C17H18F3N5O. The van der Waals surface area contributed by atoms with E-state index in [4.69, 9.17) is 0 Å². The third kappa shape index (κ3) is 3.62. The van der Waals surface area contributed by atoms with E-state index in [2.05, 4.69) is 20.4 Å². The van der Waals surface area contributed by atoms with Crippen LogP contribution in [-0.4, -0.2) is 30.3 Å². The van der Waals surface area contributed by atoms with Gasteiger partial charge in [-0.25, -0.2) is 4.98 Å². The van der Waals surface area contributed by atoms with Crippen LogP contribution in [0.1, 0.15) is 36.7 Å². The molecule has 0 aliphatic carbocycles. The van der Waals surface area contributed by atoms with Crippen LogP contribution >= 0.6 is 0 Å². The highest BCUT2D eigenvalue weighted by atomic mass is 19.4. The summed E-state index contributed by atoms with van der Waals surface area (Å²) in [4.78, 5) is 8.27. The first-order valence-corrected chi connectivity index (χ1v) is 7.89. The molecule has 0 spiro atoms. The van der Waals surface area contributed by atoms with Crippen LogP contribution in [0.2, 0.25) is 0 Å². The third-order valence-corrected chi connectivity index (χ3v) is 3.95. The topological polar surface area (TPSA) is 75.3 Å². The summed E-state index contributed by atoms with van der Waals surface area (Å²) in [5.74, 6) is 0.909. The lowest BCUT2D eigenvalue weighted by molar-refractivity contribution is -0.137. The average Bonchev–Trinajstić information content (AvgIpc) is 2.99. The molecular weight excluding hydrogens is 347 g/mol. The number of anilines is 1. The zero-order chi connectivity index (χ0) is 19.1. The van der Waals surface area contributed by atoms with Crippen LogP contribution in [0.5, 0.6) is 0 Å². The van der Waals surface area contributed by atoms with E-state index in [0.717, 1.165) is 12.1 Å². The third-order valence-electron chi connectivity index (χ3n) is 3.95. The highest BCUT2D eigenvalue weighted by molar-refractivity contribution is 5.47. The van der Waals surface area contributed by atoms with Crippen LogP contribution in [0.25, 0.3) is 5.78 Å². The maximum atomic E-state index is 12.8. The Kier molecular flexibility index (Phi) is 4.35. The minimum Gasteiger partial charge on any atom is -0.388 e. The number of nitrogens with zero attached hydrogens (tertiary/aromatic N) is 4. The van der Waals surface area contributed by atoms with Gasteiger partial charge in [0.15, 0.2) is 0 Å². The molecule has 3 rings (SSSR count). The summed E-state index contributed by atoms with van der Waals surface area (Å²) >= 11 is 0. The van der Waals surface area contributed by atoms with Crippen LogP contribution in [0.15, 0.2) is 36.7 Å². The minimum absolute atomic E-state index is 0.384. The first-order valence-electron chi connectivity index (χ1n) is 7.89. The van der Waals surface area contributed by atoms with E-state index in [0.29, 0.717) is 22.9 Å². The van der Waals surface area contributed by atoms with Gasteiger partial charge in [-0.05, 0) is 38.5 Å². The van der Waals surface area contributed by atoms with Gasteiger partial charge in [0.05, 0.1) is 17.2 Å². The predicted molar refractivity (Wildman–Crippen MR) is 89.6 cm³/mol. The Morgan fingerprint density at radius 2 is 1.81 bits per heavy atom. The molecule has 1 aromatic carbocycles. The van der Waals surface area contributed by atoms with E-state index in [1.165, 1.54) is 23.0 Å². The summed E-state index contributed by atoms with van der Waals surface area (Å²) in [6, 6.07) is 5.75. The SMILES string of the molecule is Cc1cc(N[C@H](c2ccc(C(F)(F)F)cc2)C(C)(C)O)n2ncnc2n1. The Hall–Kier alpha value is -2.68. The first-order chi connectivity index (χ1) is 12.1. The molecule has 9 heteroatoms. The fourth-order valence-corrected chi connectivity index (χ4v) is 2.71. The summed E-state index contributed by atoms with van der Waals surface area (Å²) in [6.07, 6.45) is -3.06. The number of aliphatic hydroxyl groups is 1. The van der Waals surface area contributed by atoms with E-state index in [-0.39, 0.29) is 0 Å². The number of hydrogen-bond acceptors (Lipinski definition) is 5. The number of halogens is 3. The molecule has 3 aromatic rings. The predicted octanol–water partition coefficient (Wildman–Crippen LogP) is 3.38. The second-order valence-corrected chi connectivity index (χ2v) is 6.61. The monoisotopic (exact) mass is 365 g/mol. The Morgan fingerprint density at radius 1 is 1.15 bits per heavy atom. The molecule has 2 N–H and O–H groups in total. The van der Waals surface area contributed by atoms with Gasteiger partial charge in [-0.3, -0.25) is 0 Å². The molecule has 0 bridgehead atoms. The largest absolute Gasteiger partial charge is 0.416 e. The molecule has 0 aliphatic heterocycles. The maximum Gasteiger partial charge on any atom is 0.416 e. The van der Waals surface area contributed by atoms with E-state index in [9.17, 15) is 18.3 Å². The lowest BCUT2D eigenvalue weighted by Gasteiger charge is -2.31. The van der Waals surface area contributed by atoms with Gasteiger partial charge in [-0.15, -0.1) is 0 Å². The maximum absolute atomic E-state index is 12.8. The molecule has 0 saturated heterocycles. The summed E-state index contributed by atoms with van der Waals surface area (Å²) in [5.41, 5.74) is -0.804. The van der Waals surface area contributed by atoms with Gasteiger partial charge in [-0.1, -0.05) is 12.1 Å². The zero-order valence-corrected chi connectivity index (χ0v) is 14.4. The van der Waals surface area contributed by atoms with Crippen LogP contribution in [-0.2, 0) is 6.18 Å². The van der Waals surface area contributed by atoms with E-state index < -0.39 is 23.4 Å². The molecule has 0 amide bonds. The summed E-state index contributed by atoms with van der Waals surface area (Å²) in [5, 5.41) is 17.8. The Labute approximate surface area is 147 Å². The molecule has 1 atom stereocenters. The molecule has 0 saturated carbocycles. The number of benzene rings is 1. The lowest BCUT2D eigenvalue weighted by atomic mass is 9.91. The lowest BCUT2D eigenvalue weighted by Crippen LogP contribution is -2.35. The number of aromatic nitrogens is 4. The number of nitrogens with one attached hydrogen (secondary N) is 1. The van der Waals surface area contributed by atoms with Gasteiger partial charge in [-0.2, -0.15) is 27.8 Å². The van der Waals surface area contributed by atoms with Gasteiger partial charge in [0.2, 0.25) is 0 Å². The average molecular weight is 365 g/mol. The second-order valence-electron chi connectivity index (χ2n) is 6.61. The van der Waals surface area contributed by atoms with Crippen molar-refractivity contribution in [1.82, 2.24) is 19.6 Å². The molecule has 2 aromatic heterocycles. The van der Waals surface area contributed by atoms with Crippen LogP contribution < -0.4 is 5.32 Å². The fourth-order valence-electron chi connectivity index (χ4n) is 2.71. The molecule has 2 heterocycles. The van der Waals surface area contributed by atoms with Crippen LogP contribution in [0.3, 0.4) is 0 Å². The number of fused-ring (bicyclic) bond motifs is 1. The van der Waals surface area contributed by atoms with Crippen molar-refractivity contribution >= 4 is 11.6 Å². The number of hydrogen-bond donors (Lipinski definition) is 2. The van der Waals surface area contributed by atoms with Crippen molar-refractivity contribution in [2.75, 3.05) is 5.32 Å². The zero-order valence-electron chi connectivity index (χ0n) is 14.4. The number of alkyl halides is 3. The van der Waals surface area contributed by atoms with Crippen molar-refractivity contribution in [1.29, 1.82) is 0 Å². The Morgan fingerprint density at radius 3 is 2.38 bits per heavy atom. The van der Waals surface area contributed by atoms with Crippen LogP contribution in [0, 0.1) is 6.92 Å². The number of rotatable bonds is 4. The second kappa shape index (κ2) is 6.24. The van der Waals surface area contributed by atoms with E-state index in [1.807, 2.05) is 0 Å². The van der Waals surface area contributed by atoms with Crippen molar-refractivity contribution < 1.29 is 18.3 Å². The Balaban J connectivity index is 2.00. The van der Waals surface area contributed by atoms with Gasteiger partial charge in [0, 0.05) is 11.8 Å². The van der Waals surface area contributed by atoms with Crippen molar-refractivity contribution in [2.24, 2.45) is 0 Å². The van der Waals surface area contributed by atoms with Gasteiger partial charge in [0.25, 0.3) is 5.78 Å². The standard InChI is InChI=1S/C17H18F3N5O/c1-10-8-13(25-15(23-10)21-9-22-25)24-14(16(2,3)26)11-4-6-12(7-5-11)17(18,19)20/h4-9,14,24,26H,1-3H3/t14-/m1/s1. The van der Waals surface area contributed by atoms with E-state index in [1.54, 1.807) is 26.8 Å². The first kappa shape index (κ1) is 18.1. The quantitative estimate of drug-likeness (QED) is 0.741. The van der Waals surface area contributed by atoms with E-state index >= 15 is 0 Å². The smallest absolute Gasteiger partial charge is 0.388 e. The van der Waals surface area contributed by atoms with Gasteiger partial charge >= 0.3 is 6.18 Å². The Bertz CT molecular complexity index is 913. The highest BCUT2D eigenvalue weighted by Crippen LogP contribution is 2.33. The summed E-state index contributed by atoms with van der Waals surface area (Å²) < 4.78 is 39.9. The van der Waals surface area contributed by atoms with Crippen molar-refractivity contribution in [3.05, 3.63) is 53.5 Å². The number of aryl methyl sites for hydroxylation is 1. The highest BCUT2D eigenvalue weighted by Gasteiger charge is 2.33. The van der Waals surface area contributed by atoms with Gasteiger partial charge < -0.3 is 10.4 Å². The normalized spacial score (nSPS) is 13.8. The van der Waals surface area contributed by atoms with Gasteiger partial charge in [0.1, 0.15) is 12.1 Å². The molecule has 0 aliphatic rings.